The number of methoxy groups -OCH3 is 1. The third kappa shape index (κ3) is 4.20. The normalized spacial score (nSPS) is 22.0. The van der Waals surface area contributed by atoms with Gasteiger partial charge in [0.15, 0.2) is 0 Å². The van der Waals surface area contributed by atoms with Crippen LogP contribution >= 0.6 is 0 Å². The fourth-order valence-electron chi connectivity index (χ4n) is 2.95. The molecule has 122 valence electrons. The number of nitrogens with one attached hydrogen (secondary N) is 2. The maximum absolute atomic E-state index is 11.9. The molecule has 2 heterocycles. The minimum Gasteiger partial charge on any atom is -0.383 e. The van der Waals surface area contributed by atoms with Gasteiger partial charge >= 0.3 is 6.03 Å². The number of anilines is 1. The summed E-state index contributed by atoms with van der Waals surface area (Å²) in [7, 11) is 1.66. The molecular formula is C15H25N5O2. The van der Waals surface area contributed by atoms with Gasteiger partial charge in [0.1, 0.15) is 0 Å². The summed E-state index contributed by atoms with van der Waals surface area (Å²) in [4.78, 5) is 14.5. The molecular weight excluding hydrogens is 282 g/mol. The Hall–Kier alpha value is -1.60. The highest BCUT2D eigenvalue weighted by Gasteiger charge is 2.34. The van der Waals surface area contributed by atoms with Crippen molar-refractivity contribution in [1.29, 1.82) is 0 Å². The van der Waals surface area contributed by atoms with E-state index in [1.54, 1.807) is 18.0 Å². The van der Waals surface area contributed by atoms with Gasteiger partial charge in [-0.1, -0.05) is 0 Å². The number of rotatable bonds is 7. The topological polar surface area (TPSA) is 71.4 Å². The molecule has 0 spiro atoms. The lowest BCUT2D eigenvalue weighted by molar-refractivity contribution is 0.183. The first-order chi connectivity index (χ1) is 10.7. The highest BCUT2D eigenvalue weighted by atomic mass is 16.5. The summed E-state index contributed by atoms with van der Waals surface area (Å²) in [5.41, 5.74) is 0.708. The Morgan fingerprint density at radius 1 is 1.45 bits per heavy atom. The smallest absolute Gasteiger partial charge is 0.319 e. The van der Waals surface area contributed by atoms with Crippen molar-refractivity contribution in [3.05, 3.63) is 12.4 Å². The number of aromatic nitrogens is 2. The molecule has 2 aliphatic rings. The number of ether oxygens (including phenoxy) is 1. The van der Waals surface area contributed by atoms with Crippen molar-refractivity contribution in [2.24, 2.45) is 5.92 Å². The lowest BCUT2D eigenvalue weighted by Crippen LogP contribution is -2.34. The average Bonchev–Trinajstić information content (AvgIpc) is 3.09. The van der Waals surface area contributed by atoms with E-state index in [4.69, 9.17) is 4.74 Å². The maximum atomic E-state index is 11.9. The summed E-state index contributed by atoms with van der Waals surface area (Å²) in [6.45, 7) is 4.34. The molecule has 22 heavy (non-hydrogen) atoms. The fourth-order valence-corrected chi connectivity index (χ4v) is 2.95. The van der Waals surface area contributed by atoms with E-state index < -0.39 is 0 Å². The van der Waals surface area contributed by atoms with Crippen molar-refractivity contribution in [2.75, 3.05) is 38.7 Å². The predicted molar refractivity (Wildman–Crippen MR) is 83.8 cm³/mol. The molecule has 7 nitrogen and oxygen atoms in total. The van der Waals surface area contributed by atoms with Crippen LogP contribution in [0.3, 0.4) is 0 Å². The van der Waals surface area contributed by atoms with Crippen molar-refractivity contribution in [2.45, 2.75) is 31.8 Å². The Labute approximate surface area is 131 Å². The van der Waals surface area contributed by atoms with Gasteiger partial charge in [0, 0.05) is 32.4 Å². The number of amides is 2. The number of urea groups is 1. The predicted octanol–water partition coefficient (Wildman–Crippen LogP) is 1.14. The summed E-state index contributed by atoms with van der Waals surface area (Å²) >= 11 is 0. The third-order valence-electron chi connectivity index (χ3n) is 4.35. The quantitative estimate of drug-likeness (QED) is 0.792. The molecule has 1 unspecified atom stereocenters. The molecule has 2 fully saturated rings. The van der Waals surface area contributed by atoms with Crippen molar-refractivity contribution in [1.82, 2.24) is 20.0 Å². The van der Waals surface area contributed by atoms with E-state index in [-0.39, 0.29) is 6.03 Å². The lowest BCUT2D eigenvalue weighted by atomic mass is 10.1. The largest absolute Gasteiger partial charge is 0.383 e. The molecule has 0 aromatic carbocycles. The van der Waals surface area contributed by atoms with E-state index in [0.29, 0.717) is 24.8 Å². The second-order valence-electron chi connectivity index (χ2n) is 6.20. The molecule has 1 aliphatic heterocycles. The molecule has 1 saturated carbocycles. The molecule has 0 bridgehead atoms. The first-order valence-electron chi connectivity index (χ1n) is 8.05. The Morgan fingerprint density at radius 2 is 2.32 bits per heavy atom. The van der Waals surface area contributed by atoms with Gasteiger partial charge in [-0.3, -0.25) is 4.68 Å². The van der Waals surface area contributed by atoms with E-state index in [1.165, 1.54) is 25.8 Å². The zero-order chi connectivity index (χ0) is 15.4. The summed E-state index contributed by atoms with van der Waals surface area (Å²) < 4.78 is 6.75. The molecule has 1 saturated heterocycles. The number of carbonyl (C=O) groups is 1. The van der Waals surface area contributed by atoms with E-state index in [9.17, 15) is 4.79 Å². The molecule has 7 heteroatoms. The molecule has 1 aromatic heterocycles. The molecule has 0 radical (unpaired) electrons. The second kappa shape index (κ2) is 7.11. The van der Waals surface area contributed by atoms with Crippen LogP contribution in [0.15, 0.2) is 12.4 Å². The number of hydrogen-bond acceptors (Lipinski definition) is 4. The van der Waals surface area contributed by atoms with E-state index >= 15 is 0 Å². The Kier molecular flexibility index (Phi) is 4.94. The van der Waals surface area contributed by atoms with Crippen LogP contribution in [0.2, 0.25) is 0 Å². The maximum Gasteiger partial charge on any atom is 0.319 e. The molecule has 1 aromatic rings. The number of likely N-dealkylation sites (tertiary alicyclic amines) is 1. The Bertz CT molecular complexity index is 500. The van der Waals surface area contributed by atoms with Crippen molar-refractivity contribution >= 4 is 11.7 Å². The lowest BCUT2D eigenvalue weighted by Gasteiger charge is -2.15. The van der Waals surface area contributed by atoms with E-state index in [1.807, 2.05) is 6.20 Å². The standard InChI is InChI=1S/C15H25N5O2/c1-22-7-6-20-11-13(9-17-20)18-15(21)16-8-12-4-5-19(10-12)14-2-3-14/h9,11-12,14H,2-8,10H2,1H3,(H2,16,18,21). The summed E-state index contributed by atoms with van der Waals surface area (Å²) in [6.07, 6.45) is 7.36. The van der Waals surface area contributed by atoms with E-state index in [2.05, 4.69) is 20.6 Å². The Morgan fingerprint density at radius 3 is 3.09 bits per heavy atom. The van der Waals surface area contributed by atoms with Gasteiger partial charge < -0.3 is 20.3 Å². The third-order valence-corrected chi connectivity index (χ3v) is 4.35. The Balaban J connectivity index is 1.36. The summed E-state index contributed by atoms with van der Waals surface area (Å²) in [5, 5.41) is 9.96. The zero-order valence-corrected chi connectivity index (χ0v) is 13.1. The van der Waals surface area contributed by atoms with Crippen LogP contribution in [0, 0.1) is 5.92 Å². The van der Waals surface area contributed by atoms with Crippen molar-refractivity contribution < 1.29 is 9.53 Å². The first kappa shape index (κ1) is 15.3. The average molecular weight is 307 g/mol. The van der Waals surface area contributed by atoms with Gasteiger partial charge in [-0.2, -0.15) is 5.10 Å². The van der Waals surface area contributed by atoms with Gasteiger partial charge in [0.2, 0.25) is 0 Å². The van der Waals surface area contributed by atoms with Crippen molar-refractivity contribution in [3.8, 4) is 0 Å². The van der Waals surface area contributed by atoms with Crippen LogP contribution < -0.4 is 10.6 Å². The van der Waals surface area contributed by atoms with Gasteiger partial charge in [-0.05, 0) is 31.7 Å². The van der Waals surface area contributed by atoms with Crippen LogP contribution in [0.5, 0.6) is 0 Å². The highest BCUT2D eigenvalue weighted by molar-refractivity contribution is 5.88. The van der Waals surface area contributed by atoms with Gasteiger partial charge in [-0.25, -0.2) is 4.79 Å². The molecule has 1 atom stereocenters. The van der Waals surface area contributed by atoms with Crippen LogP contribution in [0.25, 0.3) is 0 Å². The minimum atomic E-state index is -0.156. The van der Waals surface area contributed by atoms with Crippen LogP contribution in [0.1, 0.15) is 19.3 Å². The summed E-state index contributed by atoms with van der Waals surface area (Å²) in [6, 6.07) is 0.674. The van der Waals surface area contributed by atoms with Gasteiger partial charge in [-0.15, -0.1) is 0 Å². The van der Waals surface area contributed by atoms with Crippen LogP contribution in [0.4, 0.5) is 10.5 Å². The number of carbonyl (C=O) groups excluding carboxylic acids is 1. The molecule has 3 rings (SSSR count). The van der Waals surface area contributed by atoms with Crippen molar-refractivity contribution in [3.63, 3.8) is 0 Å². The van der Waals surface area contributed by atoms with E-state index in [0.717, 1.165) is 19.1 Å². The number of nitrogens with zero attached hydrogens (tertiary/aromatic N) is 3. The number of hydrogen-bond donors (Lipinski definition) is 2. The molecule has 1 aliphatic carbocycles. The molecule has 2 N–H and O–H groups in total. The SMILES string of the molecule is COCCn1cc(NC(=O)NCC2CCN(C3CC3)C2)cn1. The first-order valence-corrected chi connectivity index (χ1v) is 8.05. The summed E-state index contributed by atoms with van der Waals surface area (Å²) in [5.74, 6) is 0.579. The van der Waals surface area contributed by atoms with Gasteiger partial charge in [0.05, 0.1) is 25.0 Å². The molecule has 2 amide bonds. The second-order valence-corrected chi connectivity index (χ2v) is 6.20. The van der Waals surface area contributed by atoms with Crippen LogP contribution in [-0.4, -0.2) is 60.1 Å². The van der Waals surface area contributed by atoms with Gasteiger partial charge in [0.25, 0.3) is 0 Å². The monoisotopic (exact) mass is 307 g/mol. The highest BCUT2D eigenvalue weighted by Crippen LogP contribution is 2.31. The minimum absolute atomic E-state index is 0.156. The zero-order valence-electron chi connectivity index (χ0n) is 13.1. The van der Waals surface area contributed by atoms with Crippen LogP contribution in [-0.2, 0) is 11.3 Å². The fraction of sp³-hybridized carbons (Fsp3) is 0.733.